The number of hydrogen-bond acceptors (Lipinski definition) is 5. The molecule has 6 heteroatoms. The van der Waals surface area contributed by atoms with Gasteiger partial charge in [0.05, 0.1) is 0 Å². The standard InChI is InChI=1S/C17H34O5S/c1-3-13-16(2)14-11-9-7-5-4-6-8-10-12-15-17(18)21-23(19,20)22-17/h16,18H,3-15H2,1-2H3. The van der Waals surface area contributed by atoms with Crippen molar-refractivity contribution < 1.29 is 21.9 Å². The fourth-order valence-electron chi connectivity index (χ4n) is 3.12. The van der Waals surface area contributed by atoms with Gasteiger partial charge in [-0.15, -0.1) is 0 Å². The third kappa shape index (κ3) is 9.65. The van der Waals surface area contributed by atoms with Gasteiger partial charge in [0.15, 0.2) is 0 Å². The zero-order valence-corrected chi connectivity index (χ0v) is 15.6. The molecule has 23 heavy (non-hydrogen) atoms. The molecule has 1 N–H and O–H groups in total. The van der Waals surface area contributed by atoms with E-state index in [1.54, 1.807) is 0 Å². The van der Waals surface area contributed by atoms with E-state index >= 15 is 0 Å². The van der Waals surface area contributed by atoms with Crippen molar-refractivity contribution in [1.29, 1.82) is 0 Å². The van der Waals surface area contributed by atoms with Crippen LogP contribution >= 0.6 is 0 Å². The minimum atomic E-state index is -3.91. The molecule has 0 aromatic carbocycles. The highest BCUT2D eigenvalue weighted by atomic mass is 32.3. The first-order valence-electron chi connectivity index (χ1n) is 9.25. The van der Waals surface area contributed by atoms with E-state index in [1.165, 1.54) is 57.8 Å². The Balaban J connectivity index is 1.80. The smallest absolute Gasteiger partial charge is 0.342 e. The summed E-state index contributed by atoms with van der Waals surface area (Å²) < 4.78 is 30.0. The van der Waals surface area contributed by atoms with Crippen molar-refractivity contribution in [3.63, 3.8) is 0 Å². The zero-order valence-electron chi connectivity index (χ0n) is 14.8. The Hall–Kier alpha value is -0.170. The van der Waals surface area contributed by atoms with E-state index in [0.29, 0.717) is 6.42 Å². The van der Waals surface area contributed by atoms with E-state index in [4.69, 9.17) is 0 Å². The Labute approximate surface area is 142 Å². The van der Waals surface area contributed by atoms with Gasteiger partial charge in [-0.3, -0.25) is 0 Å². The number of hydrogen-bond donors (Lipinski definition) is 1. The average molecular weight is 351 g/mol. The monoisotopic (exact) mass is 350 g/mol. The van der Waals surface area contributed by atoms with E-state index < -0.39 is 16.4 Å². The van der Waals surface area contributed by atoms with Gasteiger partial charge >= 0.3 is 16.4 Å². The molecule has 1 heterocycles. The van der Waals surface area contributed by atoms with E-state index in [9.17, 15) is 13.5 Å². The minimum Gasteiger partial charge on any atom is -0.342 e. The molecule has 0 radical (unpaired) electrons. The Bertz CT molecular complexity index is 395. The van der Waals surface area contributed by atoms with Crippen molar-refractivity contribution in [1.82, 2.24) is 0 Å². The summed E-state index contributed by atoms with van der Waals surface area (Å²) in [4.78, 5) is 0. The largest absolute Gasteiger partial charge is 0.409 e. The lowest BCUT2D eigenvalue weighted by Gasteiger charge is -2.33. The van der Waals surface area contributed by atoms with Crippen LogP contribution in [0.2, 0.25) is 0 Å². The molecule has 1 unspecified atom stereocenters. The summed E-state index contributed by atoms with van der Waals surface area (Å²) in [6.07, 6.45) is 14.8. The molecule has 0 aliphatic carbocycles. The fraction of sp³-hybridized carbons (Fsp3) is 1.00. The van der Waals surface area contributed by atoms with Gasteiger partial charge < -0.3 is 5.11 Å². The van der Waals surface area contributed by atoms with Crippen molar-refractivity contribution in [3.05, 3.63) is 0 Å². The van der Waals surface area contributed by atoms with Crippen LogP contribution in [0.5, 0.6) is 0 Å². The van der Waals surface area contributed by atoms with Gasteiger partial charge in [-0.2, -0.15) is 16.8 Å². The lowest BCUT2D eigenvalue weighted by Crippen LogP contribution is -2.50. The van der Waals surface area contributed by atoms with Crippen LogP contribution in [0.15, 0.2) is 0 Å². The SMILES string of the molecule is CCCC(C)CCCCCCCCCCCC1(O)OS(=O)(=O)O1. The Morgan fingerprint density at radius 3 is 1.83 bits per heavy atom. The molecular formula is C17H34O5S. The van der Waals surface area contributed by atoms with Crippen molar-refractivity contribution in [3.8, 4) is 0 Å². The van der Waals surface area contributed by atoms with Gasteiger partial charge in [0.1, 0.15) is 0 Å². The van der Waals surface area contributed by atoms with Crippen molar-refractivity contribution in [2.45, 2.75) is 103 Å². The highest BCUT2D eigenvalue weighted by Gasteiger charge is 2.50. The van der Waals surface area contributed by atoms with Gasteiger partial charge in [0.2, 0.25) is 0 Å². The van der Waals surface area contributed by atoms with Crippen LogP contribution in [-0.4, -0.2) is 19.5 Å². The van der Waals surface area contributed by atoms with Gasteiger partial charge in [0, 0.05) is 6.42 Å². The van der Waals surface area contributed by atoms with E-state index in [2.05, 4.69) is 22.2 Å². The Morgan fingerprint density at radius 1 is 0.870 bits per heavy atom. The third-order valence-electron chi connectivity index (χ3n) is 4.44. The van der Waals surface area contributed by atoms with E-state index in [0.717, 1.165) is 18.8 Å². The molecule has 0 aromatic heterocycles. The quantitative estimate of drug-likeness (QED) is 0.462. The number of unbranched alkanes of at least 4 members (excludes halogenated alkanes) is 8. The maximum absolute atomic E-state index is 10.6. The van der Waals surface area contributed by atoms with Crippen LogP contribution in [0.25, 0.3) is 0 Å². The molecule has 0 saturated carbocycles. The molecule has 1 saturated heterocycles. The zero-order chi connectivity index (χ0) is 17.2. The number of rotatable bonds is 14. The molecule has 0 aromatic rings. The lowest BCUT2D eigenvalue weighted by atomic mass is 9.98. The van der Waals surface area contributed by atoms with Crippen LogP contribution in [0.1, 0.15) is 97.3 Å². The summed E-state index contributed by atoms with van der Waals surface area (Å²) in [7, 11) is -3.91. The first-order chi connectivity index (χ1) is 10.9. The first kappa shape index (κ1) is 20.9. The minimum absolute atomic E-state index is 0.210. The molecule has 0 bridgehead atoms. The topological polar surface area (TPSA) is 72.8 Å². The molecule has 1 fully saturated rings. The van der Waals surface area contributed by atoms with E-state index in [-0.39, 0.29) is 6.42 Å². The summed E-state index contributed by atoms with van der Waals surface area (Å²) in [6.45, 7) is 4.61. The Morgan fingerprint density at radius 2 is 1.35 bits per heavy atom. The van der Waals surface area contributed by atoms with Crippen molar-refractivity contribution in [2.75, 3.05) is 0 Å². The summed E-state index contributed by atoms with van der Waals surface area (Å²) in [6, 6.07) is 0. The number of aliphatic hydroxyl groups is 1. The third-order valence-corrected chi connectivity index (χ3v) is 5.36. The highest BCUT2D eigenvalue weighted by Crippen LogP contribution is 2.32. The van der Waals surface area contributed by atoms with Crippen molar-refractivity contribution >= 4 is 10.4 Å². The van der Waals surface area contributed by atoms with E-state index in [1.807, 2.05) is 0 Å². The second-order valence-electron chi connectivity index (χ2n) is 6.90. The normalized spacial score (nSPS) is 20.1. The Kier molecular flexibility index (Phi) is 9.66. The lowest BCUT2D eigenvalue weighted by molar-refractivity contribution is -0.329. The van der Waals surface area contributed by atoms with Crippen LogP contribution in [-0.2, 0) is 18.8 Å². The summed E-state index contributed by atoms with van der Waals surface area (Å²) >= 11 is 0. The second kappa shape index (κ2) is 10.6. The molecule has 0 spiro atoms. The van der Waals surface area contributed by atoms with Crippen LogP contribution in [0.4, 0.5) is 0 Å². The molecule has 1 rings (SSSR count). The predicted octanol–water partition coefficient (Wildman–Crippen LogP) is 4.65. The molecule has 1 atom stereocenters. The van der Waals surface area contributed by atoms with Gasteiger partial charge in [-0.05, 0) is 12.3 Å². The molecule has 1 aliphatic rings. The fourth-order valence-corrected chi connectivity index (χ4v) is 3.94. The van der Waals surface area contributed by atoms with Crippen LogP contribution in [0, 0.1) is 5.92 Å². The molecule has 5 nitrogen and oxygen atoms in total. The van der Waals surface area contributed by atoms with Crippen LogP contribution in [0.3, 0.4) is 0 Å². The van der Waals surface area contributed by atoms with Crippen molar-refractivity contribution in [2.24, 2.45) is 5.92 Å². The highest BCUT2D eigenvalue weighted by molar-refractivity contribution is 7.82. The molecule has 1 aliphatic heterocycles. The maximum atomic E-state index is 10.6. The molecule has 0 amide bonds. The summed E-state index contributed by atoms with van der Waals surface area (Å²) in [5.41, 5.74) is 0. The van der Waals surface area contributed by atoms with Gasteiger partial charge in [-0.25, -0.2) is 0 Å². The average Bonchev–Trinajstić information content (AvgIpc) is 2.42. The second-order valence-corrected chi connectivity index (χ2v) is 8.05. The molecular weight excluding hydrogens is 316 g/mol. The maximum Gasteiger partial charge on any atom is 0.409 e. The summed E-state index contributed by atoms with van der Waals surface area (Å²) in [5.74, 6) is -1.01. The predicted molar refractivity (Wildman–Crippen MR) is 90.9 cm³/mol. The molecule has 138 valence electrons. The summed E-state index contributed by atoms with van der Waals surface area (Å²) in [5, 5.41) is 9.52. The van der Waals surface area contributed by atoms with Gasteiger partial charge in [0.25, 0.3) is 0 Å². The first-order valence-corrected chi connectivity index (χ1v) is 10.6. The van der Waals surface area contributed by atoms with Gasteiger partial charge in [-0.1, -0.05) is 84.5 Å². The van der Waals surface area contributed by atoms with Crippen LogP contribution < -0.4 is 0 Å².